The van der Waals surface area contributed by atoms with Gasteiger partial charge in [0, 0.05) is 28.8 Å². The summed E-state index contributed by atoms with van der Waals surface area (Å²) in [7, 11) is 0. The van der Waals surface area contributed by atoms with Crippen LogP contribution in [0.4, 0.5) is 10.5 Å². The SMILES string of the molecule is CC1Cc2ccccc2N1C(=O)NC1CC(C)(C)NC(C)(C)C1. The van der Waals surface area contributed by atoms with E-state index in [1.165, 1.54) is 5.56 Å². The van der Waals surface area contributed by atoms with Gasteiger partial charge >= 0.3 is 6.03 Å². The summed E-state index contributed by atoms with van der Waals surface area (Å²) < 4.78 is 0. The lowest BCUT2D eigenvalue weighted by Crippen LogP contribution is -2.63. The molecule has 1 fully saturated rings. The van der Waals surface area contributed by atoms with Crippen molar-refractivity contribution in [1.82, 2.24) is 10.6 Å². The summed E-state index contributed by atoms with van der Waals surface area (Å²) in [5.74, 6) is 0. The molecule has 0 spiro atoms. The molecular formula is C19H29N3O. The van der Waals surface area contributed by atoms with Crippen molar-refractivity contribution in [3.05, 3.63) is 29.8 Å². The summed E-state index contributed by atoms with van der Waals surface area (Å²) in [5.41, 5.74) is 2.40. The van der Waals surface area contributed by atoms with E-state index in [0.29, 0.717) is 0 Å². The van der Waals surface area contributed by atoms with Gasteiger partial charge in [-0.1, -0.05) is 18.2 Å². The molecule has 2 N–H and O–H groups in total. The number of nitrogens with one attached hydrogen (secondary N) is 2. The Bertz CT molecular complexity index is 592. The number of rotatable bonds is 1. The van der Waals surface area contributed by atoms with E-state index in [1.54, 1.807) is 0 Å². The molecule has 1 aromatic rings. The first-order chi connectivity index (χ1) is 10.7. The summed E-state index contributed by atoms with van der Waals surface area (Å²) in [4.78, 5) is 14.8. The van der Waals surface area contributed by atoms with Crippen LogP contribution in [0.3, 0.4) is 0 Å². The van der Waals surface area contributed by atoms with Gasteiger partial charge in [0.25, 0.3) is 0 Å². The summed E-state index contributed by atoms with van der Waals surface area (Å²) in [6.45, 7) is 11.0. The predicted octanol–water partition coefficient (Wildman–Crippen LogP) is 3.46. The van der Waals surface area contributed by atoms with Gasteiger partial charge in [-0.25, -0.2) is 4.79 Å². The normalized spacial score (nSPS) is 26.0. The molecule has 1 aromatic carbocycles. The van der Waals surface area contributed by atoms with Gasteiger partial charge in [0.05, 0.1) is 0 Å². The molecule has 2 aliphatic heterocycles. The first-order valence-electron chi connectivity index (χ1n) is 8.64. The Hall–Kier alpha value is -1.55. The molecule has 1 unspecified atom stereocenters. The Morgan fingerprint density at radius 1 is 1.17 bits per heavy atom. The monoisotopic (exact) mass is 315 g/mol. The van der Waals surface area contributed by atoms with Crippen LogP contribution in [0.15, 0.2) is 24.3 Å². The van der Waals surface area contributed by atoms with Gasteiger partial charge in [0.2, 0.25) is 0 Å². The molecule has 23 heavy (non-hydrogen) atoms. The molecule has 4 nitrogen and oxygen atoms in total. The molecular weight excluding hydrogens is 286 g/mol. The van der Waals surface area contributed by atoms with Crippen LogP contribution >= 0.6 is 0 Å². The molecule has 0 aromatic heterocycles. The third kappa shape index (κ3) is 3.37. The second kappa shape index (κ2) is 5.52. The van der Waals surface area contributed by atoms with E-state index in [1.807, 2.05) is 17.0 Å². The summed E-state index contributed by atoms with van der Waals surface area (Å²) in [6.07, 6.45) is 2.84. The van der Waals surface area contributed by atoms with Gasteiger partial charge < -0.3 is 10.6 Å². The number of para-hydroxylation sites is 1. The predicted molar refractivity (Wildman–Crippen MR) is 94.9 cm³/mol. The highest BCUT2D eigenvalue weighted by Crippen LogP contribution is 2.33. The first kappa shape index (κ1) is 16.3. The molecule has 0 radical (unpaired) electrons. The molecule has 4 heteroatoms. The molecule has 2 heterocycles. The largest absolute Gasteiger partial charge is 0.335 e. The number of fused-ring (bicyclic) bond motifs is 1. The minimum atomic E-state index is 0.0359. The molecule has 0 aliphatic carbocycles. The molecule has 1 saturated heterocycles. The van der Waals surface area contributed by atoms with E-state index in [0.717, 1.165) is 24.9 Å². The van der Waals surface area contributed by atoms with Crippen molar-refractivity contribution < 1.29 is 4.79 Å². The smallest absolute Gasteiger partial charge is 0.322 e. The lowest BCUT2D eigenvalue weighted by molar-refractivity contribution is 0.148. The van der Waals surface area contributed by atoms with Crippen molar-refractivity contribution >= 4 is 11.7 Å². The standard InChI is InChI=1S/C19H29N3O/c1-13-10-14-8-6-7-9-16(14)22(13)17(23)20-15-11-18(2,3)21-19(4,5)12-15/h6-9,13,15,21H,10-12H2,1-5H3,(H,20,23). The zero-order chi connectivity index (χ0) is 16.8. The van der Waals surface area contributed by atoms with E-state index < -0.39 is 0 Å². The van der Waals surface area contributed by atoms with Crippen LogP contribution in [0, 0.1) is 0 Å². The Morgan fingerprint density at radius 2 is 1.78 bits per heavy atom. The fourth-order valence-electron chi connectivity index (χ4n) is 4.54. The second-order valence-corrected chi connectivity index (χ2v) is 8.50. The number of hydrogen-bond donors (Lipinski definition) is 2. The van der Waals surface area contributed by atoms with E-state index in [2.05, 4.69) is 57.4 Å². The van der Waals surface area contributed by atoms with Crippen LogP contribution in [0.2, 0.25) is 0 Å². The summed E-state index contributed by atoms with van der Waals surface area (Å²) in [6, 6.07) is 8.69. The molecule has 2 aliphatic rings. The number of anilines is 1. The number of piperidine rings is 1. The van der Waals surface area contributed by atoms with Crippen LogP contribution in [0.1, 0.15) is 53.0 Å². The molecule has 0 saturated carbocycles. The van der Waals surface area contributed by atoms with Crippen LogP contribution in [0.25, 0.3) is 0 Å². The van der Waals surface area contributed by atoms with Crippen molar-refractivity contribution in [2.24, 2.45) is 0 Å². The van der Waals surface area contributed by atoms with Crippen LogP contribution in [0.5, 0.6) is 0 Å². The van der Waals surface area contributed by atoms with E-state index in [9.17, 15) is 4.79 Å². The minimum absolute atomic E-state index is 0.0359. The maximum atomic E-state index is 12.9. The van der Waals surface area contributed by atoms with Crippen molar-refractivity contribution in [3.8, 4) is 0 Å². The number of urea groups is 1. The number of amides is 2. The van der Waals surface area contributed by atoms with Crippen molar-refractivity contribution in [1.29, 1.82) is 0 Å². The van der Waals surface area contributed by atoms with Gasteiger partial charge in [-0.15, -0.1) is 0 Å². The summed E-state index contributed by atoms with van der Waals surface area (Å²) in [5, 5.41) is 6.95. The zero-order valence-corrected chi connectivity index (χ0v) is 14.9. The lowest BCUT2D eigenvalue weighted by atomic mass is 9.79. The fourth-order valence-corrected chi connectivity index (χ4v) is 4.54. The number of hydrogen-bond acceptors (Lipinski definition) is 2. The summed E-state index contributed by atoms with van der Waals surface area (Å²) >= 11 is 0. The van der Waals surface area contributed by atoms with E-state index >= 15 is 0 Å². The maximum absolute atomic E-state index is 12.9. The Morgan fingerprint density at radius 3 is 2.43 bits per heavy atom. The molecule has 3 rings (SSSR count). The Labute approximate surface area is 139 Å². The lowest BCUT2D eigenvalue weighted by Gasteiger charge is -2.47. The topological polar surface area (TPSA) is 44.4 Å². The second-order valence-electron chi connectivity index (χ2n) is 8.50. The van der Waals surface area contributed by atoms with Gasteiger partial charge in [0.15, 0.2) is 0 Å². The molecule has 1 atom stereocenters. The average Bonchev–Trinajstić information content (AvgIpc) is 2.70. The van der Waals surface area contributed by atoms with E-state index in [4.69, 9.17) is 0 Å². The molecule has 0 bridgehead atoms. The number of carbonyl (C=O) groups excluding carboxylic acids is 1. The highest BCUT2D eigenvalue weighted by atomic mass is 16.2. The van der Waals surface area contributed by atoms with Gasteiger partial charge in [-0.2, -0.15) is 0 Å². The van der Waals surface area contributed by atoms with Crippen molar-refractivity contribution in [3.63, 3.8) is 0 Å². The number of benzene rings is 1. The van der Waals surface area contributed by atoms with Gasteiger partial charge in [-0.3, -0.25) is 4.90 Å². The Kier molecular flexibility index (Phi) is 3.91. The highest BCUT2D eigenvalue weighted by molar-refractivity contribution is 5.95. The van der Waals surface area contributed by atoms with Crippen molar-refractivity contribution in [2.45, 2.75) is 77.0 Å². The van der Waals surface area contributed by atoms with Gasteiger partial charge in [0.1, 0.15) is 0 Å². The van der Waals surface area contributed by atoms with Crippen LogP contribution in [-0.2, 0) is 6.42 Å². The third-order valence-corrected chi connectivity index (χ3v) is 4.94. The molecule has 2 amide bonds. The van der Waals surface area contributed by atoms with Crippen LogP contribution in [-0.4, -0.2) is 29.2 Å². The highest BCUT2D eigenvalue weighted by Gasteiger charge is 2.39. The van der Waals surface area contributed by atoms with Gasteiger partial charge in [-0.05, 0) is 65.5 Å². The third-order valence-electron chi connectivity index (χ3n) is 4.94. The number of carbonyl (C=O) groups is 1. The van der Waals surface area contributed by atoms with Crippen molar-refractivity contribution in [2.75, 3.05) is 4.90 Å². The number of nitrogens with zero attached hydrogens (tertiary/aromatic N) is 1. The fraction of sp³-hybridized carbons (Fsp3) is 0.632. The Balaban J connectivity index is 1.75. The quantitative estimate of drug-likeness (QED) is 0.833. The van der Waals surface area contributed by atoms with Crippen LogP contribution < -0.4 is 15.5 Å². The average molecular weight is 315 g/mol. The molecule has 126 valence electrons. The first-order valence-corrected chi connectivity index (χ1v) is 8.64. The maximum Gasteiger partial charge on any atom is 0.322 e. The zero-order valence-electron chi connectivity index (χ0n) is 14.9. The van der Waals surface area contributed by atoms with E-state index in [-0.39, 0.29) is 29.2 Å². The minimum Gasteiger partial charge on any atom is -0.335 e.